The number of hydrogen-bond donors (Lipinski definition) is 0. The Bertz CT molecular complexity index is 1000. The van der Waals surface area contributed by atoms with Gasteiger partial charge in [0.1, 0.15) is 6.61 Å². The van der Waals surface area contributed by atoms with E-state index in [1.807, 2.05) is 0 Å². The van der Waals surface area contributed by atoms with Crippen LogP contribution < -0.4 is 4.74 Å². The molecule has 1 saturated heterocycles. The van der Waals surface area contributed by atoms with Crippen molar-refractivity contribution in [1.82, 2.24) is 4.90 Å². The Hall–Kier alpha value is -2.55. The minimum Gasteiger partial charge on any atom is -0.486 e. The van der Waals surface area contributed by atoms with Crippen LogP contribution in [0.2, 0.25) is 10.0 Å². The number of halogens is 2. The molecule has 0 aromatic heterocycles. The van der Waals surface area contributed by atoms with Crippen LogP contribution in [0.3, 0.4) is 0 Å². The van der Waals surface area contributed by atoms with Gasteiger partial charge in [-0.05, 0) is 60.2 Å². The Morgan fingerprint density at radius 2 is 1.79 bits per heavy atom. The molecule has 1 heterocycles. The van der Waals surface area contributed by atoms with Gasteiger partial charge in [-0.25, -0.2) is 0 Å². The first-order valence-corrected chi connectivity index (χ1v) is 9.98. The van der Waals surface area contributed by atoms with Crippen LogP contribution in [0.25, 0.3) is 6.08 Å². The standard InChI is InChI=1S/C19H14Cl2N2O5S/c1-2-22-18(24)16(29-19(22)25)9-12-7-14(20)17(15(21)8-12)28-10-11-3-5-13(6-4-11)23(26)27/h3-9H,2,10H2,1H3/b16-9+. The molecule has 2 amide bonds. The number of nitro benzene ring substituents is 1. The number of amides is 2. The van der Waals surface area contributed by atoms with E-state index in [1.54, 1.807) is 37.3 Å². The van der Waals surface area contributed by atoms with Crippen LogP contribution in [0.15, 0.2) is 41.3 Å². The van der Waals surface area contributed by atoms with Gasteiger partial charge in [0.2, 0.25) is 0 Å². The average molecular weight is 453 g/mol. The first-order valence-electron chi connectivity index (χ1n) is 8.40. The zero-order valence-corrected chi connectivity index (χ0v) is 17.4. The average Bonchev–Trinajstić information content (AvgIpc) is 2.94. The number of carbonyl (C=O) groups excluding carboxylic acids is 2. The van der Waals surface area contributed by atoms with Gasteiger partial charge in [-0.2, -0.15) is 0 Å². The fourth-order valence-electron chi connectivity index (χ4n) is 2.59. The number of likely N-dealkylation sites (N-methyl/N-ethyl adjacent to an activating group) is 1. The van der Waals surface area contributed by atoms with Crippen LogP contribution in [-0.2, 0) is 11.4 Å². The van der Waals surface area contributed by atoms with Crippen molar-refractivity contribution < 1.29 is 19.2 Å². The smallest absolute Gasteiger partial charge is 0.293 e. The van der Waals surface area contributed by atoms with Crippen LogP contribution in [0.1, 0.15) is 18.1 Å². The Kier molecular flexibility index (Phi) is 6.46. The van der Waals surface area contributed by atoms with E-state index in [1.165, 1.54) is 12.1 Å². The molecule has 0 atom stereocenters. The van der Waals surface area contributed by atoms with E-state index in [-0.39, 0.29) is 39.2 Å². The van der Waals surface area contributed by atoms with Crippen LogP contribution >= 0.6 is 35.0 Å². The number of nitrogens with zero attached hydrogens (tertiary/aromatic N) is 2. The van der Waals surface area contributed by atoms with Crippen molar-refractivity contribution in [1.29, 1.82) is 0 Å². The molecule has 1 aliphatic rings. The minimum atomic E-state index is -0.480. The van der Waals surface area contributed by atoms with Crippen LogP contribution in [0.5, 0.6) is 5.75 Å². The molecule has 0 unspecified atom stereocenters. The number of non-ortho nitro benzene ring substituents is 1. The first-order chi connectivity index (χ1) is 13.8. The number of rotatable bonds is 6. The van der Waals surface area contributed by atoms with Crippen LogP contribution in [0, 0.1) is 10.1 Å². The van der Waals surface area contributed by atoms with Crippen molar-refractivity contribution in [3.63, 3.8) is 0 Å². The third-order valence-electron chi connectivity index (χ3n) is 4.04. The second kappa shape index (κ2) is 8.86. The number of nitro groups is 1. The molecule has 0 radical (unpaired) electrons. The summed E-state index contributed by atoms with van der Waals surface area (Å²) in [6.45, 7) is 2.15. The summed E-state index contributed by atoms with van der Waals surface area (Å²) in [6, 6.07) is 9.09. The van der Waals surface area contributed by atoms with Crippen molar-refractivity contribution in [2.75, 3.05) is 6.54 Å². The molecule has 0 spiro atoms. The highest BCUT2D eigenvalue weighted by Crippen LogP contribution is 2.37. The highest BCUT2D eigenvalue weighted by atomic mass is 35.5. The van der Waals surface area contributed by atoms with Gasteiger partial charge < -0.3 is 4.74 Å². The number of imide groups is 1. The maximum atomic E-state index is 12.2. The molecule has 10 heteroatoms. The monoisotopic (exact) mass is 452 g/mol. The van der Waals surface area contributed by atoms with Gasteiger partial charge >= 0.3 is 0 Å². The summed E-state index contributed by atoms with van der Waals surface area (Å²) < 4.78 is 5.66. The largest absolute Gasteiger partial charge is 0.486 e. The first kappa shape index (κ1) is 21.2. The third-order valence-corrected chi connectivity index (χ3v) is 5.51. The fraction of sp³-hybridized carbons (Fsp3) is 0.158. The molecule has 1 aliphatic heterocycles. The van der Waals surface area contributed by atoms with Gasteiger partial charge in [-0.1, -0.05) is 23.2 Å². The predicted octanol–water partition coefficient (Wildman–Crippen LogP) is 5.54. The van der Waals surface area contributed by atoms with E-state index in [9.17, 15) is 19.7 Å². The van der Waals surface area contributed by atoms with Crippen molar-refractivity contribution >= 4 is 57.9 Å². The summed E-state index contributed by atoms with van der Waals surface area (Å²) in [7, 11) is 0. The summed E-state index contributed by atoms with van der Waals surface area (Å²) in [5, 5.41) is 10.9. The van der Waals surface area contributed by atoms with E-state index in [0.29, 0.717) is 22.6 Å². The molecule has 0 N–H and O–H groups in total. The molecule has 29 heavy (non-hydrogen) atoms. The Morgan fingerprint density at radius 3 is 2.31 bits per heavy atom. The maximum absolute atomic E-state index is 12.2. The minimum absolute atomic E-state index is 0.0124. The van der Waals surface area contributed by atoms with E-state index in [0.717, 1.165) is 16.7 Å². The van der Waals surface area contributed by atoms with E-state index < -0.39 is 4.92 Å². The molecule has 2 aromatic carbocycles. The van der Waals surface area contributed by atoms with Gasteiger partial charge in [0.05, 0.1) is 19.9 Å². The summed E-state index contributed by atoms with van der Waals surface area (Å²) >= 11 is 13.4. The number of hydrogen-bond acceptors (Lipinski definition) is 6. The lowest BCUT2D eigenvalue weighted by atomic mass is 10.2. The molecule has 2 aromatic rings. The maximum Gasteiger partial charge on any atom is 0.293 e. The lowest BCUT2D eigenvalue weighted by molar-refractivity contribution is -0.384. The number of thioether (sulfide) groups is 1. The van der Waals surface area contributed by atoms with Crippen molar-refractivity contribution in [2.24, 2.45) is 0 Å². The second-order valence-corrected chi connectivity index (χ2v) is 7.76. The molecular formula is C19H14Cl2N2O5S. The summed E-state index contributed by atoms with van der Waals surface area (Å²) in [5.41, 5.74) is 1.26. The topological polar surface area (TPSA) is 89.8 Å². The molecule has 3 rings (SSSR count). The predicted molar refractivity (Wildman–Crippen MR) is 112 cm³/mol. The van der Waals surface area contributed by atoms with Crippen molar-refractivity contribution in [2.45, 2.75) is 13.5 Å². The highest BCUT2D eigenvalue weighted by Gasteiger charge is 2.33. The van der Waals surface area contributed by atoms with Gasteiger partial charge in [0.25, 0.3) is 16.8 Å². The third kappa shape index (κ3) is 4.72. The Balaban J connectivity index is 1.76. The van der Waals surface area contributed by atoms with Crippen LogP contribution in [-0.4, -0.2) is 27.5 Å². The summed E-state index contributed by atoms with van der Waals surface area (Å²) in [5.74, 6) is -0.0984. The Labute approximate surface area is 180 Å². The van der Waals surface area contributed by atoms with E-state index in [2.05, 4.69) is 0 Å². The fourth-order valence-corrected chi connectivity index (χ4v) is 4.11. The number of ether oxygens (including phenoxy) is 1. The molecule has 0 saturated carbocycles. The summed E-state index contributed by atoms with van der Waals surface area (Å²) in [4.78, 5) is 35.7. The zero-order chi connectivity index (χ0) is 21.1. The molecule has 0 bridgehead atoms. The quantitative estimate of drug-likeness (QED) is 0.324. The molecular weight excluding hydrogens is 439 g/mol. The zero-order valence-electron chi connectivity index (χ0n) is 15.1. The van der Waals surface area contributed by atoms with Gasteiger partial charge in [-0.15, -0.1) is 0 Å². The Morgan fingerprint density at radius 1 is 1.17 bits per heavy atom. The molecule has 0 aliphatic carbocycles. The second-order valence-electron chi connectivity index (χ2n) is 5.95. The van der Waals surface area contributed by atoms with Gasteiger partial charge in [0, 0.05) is 18.7 Å². The lowest BCUT2D eigenvalue weighted by Gasteiger charge is -2.11. The lowest BCUT2D eigenvalue weighted by Crippen LogP contribution is -2.27. The van der Waals surface area contributed by atoms with Crippen molar-refractivity contribution in [3.05, 3.63) is 72.6 Å². The van der Waals surface area contributed by atoms with Gasteiger partial charge in [-0.3, -0.25) is 24.6 Å². The van der Waals surface area contributed by atoms with Crippen LogP contribution in [0.4, 0.5) is 10.5 Å². The highest BCUT2D eigenvalue weighted by molar-refractivity contribution is 8.18. The van der Waals surface area contributed by atoms with Gasteiger partial charge in [0.15, 0.2) is 5.75 Å². The normalized spacial score (nSPS) is 15.3. The molecule has 7 nitrogen and oxygen atoms in total. The van der Waals surface area contributed by atoms with Crippen molar-refractivity contribution in [3.8, 4) is 5.75 Å². The van der Waals surface area contributed by atoms with E-state index >= 15 is 0 Å². The molecule has 150 valence electrons. The molecule has 1 fully saturated rings. The number of benzene rings is 2. The van der Waals surface area contributed by atoms with E-state index in [4.69, 9.17) is 27.9 Å². The summed E-state index contributed by atoms with van der Waals surface area (Å²) in [6.07, 6.45) is 1.55. The number of carbonyl (C=O) groups is 2. The SMILES string of the molecule is CCN1C(=O)S/C(=C/c2cc(Cl)c(OCc3ccc([N+](=O)[O-])cc3)c(Cl)c2)C1=O.